The molecule has 4 aromatic rings. The Morgan fingerprint density at radius 2 is 1.62 bits per heavy atom. The lowest BCUT2D eigenvalue weighted by molar-refractivity contribution is -0.185. The van der Waals surface area contributed by atoms with Gasteiger partial charge in [-0.05, 0) is 53.6 Å². The van der Waals surface area contributed by atoms with Crippen molar-refractivity contribution in [3.8, 4) is 23.0 Å². The molecule has 47 heavy (non-hydrogen) atoms. The van der Waals surface area contributed by atoms with Crippen LogP contribution in [0.3, 0.4) is 0 Å². The molecule has 0 fully saturated rings. The van der Waals surface area contributed by atoms with E-state index in [1.54, 1.807) is 30.3 Å². The third-order valence-electron chi connectivity index (χ3n) is 7.23. The number of cyclic esters (lactones) is 1. The van der Waals surface area contributed by atoms with Gasteiger partial charge in [0, 0.05) is 24.5 Å². The number of hydrogen-bond acceptors (Lipinski definition) is 13. The van der Waals surface area contributed by atoms with Gasteiger partial charge in [0.1, 0.15) is 17.6 Å². The zero-order valence-electron chi connectivity index (χ0n) is 26.0. The topological polar surface area (TPSA) is 154 Å². The summed E-state index contributed by atoms with van der Waals surface area (Å²) in [4.78, 5) is 38.5. The predicted molar refractivity (Wildman–Crippen MR) is 166 cm³/mol. The smallest absolute Gasteiger partial charge is 0.411 e. The number of benzene rings is 3. The fraction of sp³-hybridized carbons (Fsp3) is 0.281. The molecule has 1 N–H and O–H groups in total. The molecular formula is C32H30FN3O10S. The number of alkyl carbamates (subject to hydrolysis) is 1. The molecule has 1 aromatic heterocycles. The van der Waals surface area contributed by atoms with E-state index in [-0.39, 0.29) is 42.0 Å². The van der Waals surface area contributed by atoms with Gasteiger partial charge >= 0.3 is 23.8 Å². The zero-order chi connectivity index (χ0) is 33.7. The third-order valence-corrected chi connectivity index (χ3v) is 7.79. The fourth-order valence-electron chi connectivity index (χ4n) is 5.17. The van der Waals surface area contributed by atoms with Gasteiger partial charge in [-0.15, -0.1) is 0 Å². The lowest BCUT2D eigenvalue weighted by atomic mass is 9.87. The normalized spacial score (nSPS) is 15.7. The molecule has 1 atom stereocenters. The van der Waals surface area contributed by atoms with Crippen molar-refractivity contribution >= 4 is 46.4 Å². The molecule has 1 aliphatic rings. The second-order valence-electron chi connectivity index (χ2n) is 10.0. The van der Waals surface area contributed by atoms with E-state index < -0.39 is 29.6 Å². The molecule has 246 valence electrons. The number of carbonyl (C=O) groups excluding carboxylic acids is 3. The van der Waals surface area contributed by atoms with Gasteiger partial charge in [-0.3, -0.25) is 4.79 Å². The Bertz CT molecular complexity index is 1850. The van der Waals surface area contributed by atoms with Crippen LogP contribution in [0.1, 0.15) is 23.6 Å². The number of aromatic nitrogens is 2. The minimum atomic E-state index is -2.28. The highest BCUT2D eigenvalue weighted by Crippen LogP contribution is 2.49. The van der Waals surface area contributed by atoms with Crippen molar-refractivity contribution in [2.45, 2.75) is 19.1 Å². The van der Waals surface area contributed by atoms with Crippen LogP contribution < -0.4 is 24.3 Å². The Hall–Kier alpha value is -5.44. The van der Waals surface area contributed by atoms with Gasteiger partial charge in [0.25, 0.3) is 0 Å². The van der Waals surface area contributed by atoms with Crippen LogP contribution in [-0.2, 0) is 36.0 Å². The summed E-state index contributed by atoms with van der Waals surface area (Å²) in [7, 11) is 5.68. The Morgan fingerprint density at radius 1 is 0.915 bits per heavy atom. The summed E-state index contributed by atoms with van der Waals surface area (Å²) in [6.07, 6.45) is -1.12. The highest BCUT2D eigenvalue weighted by Gasteiger charge is 2.53. The Morgan fingerprint density at radius 3 is 2.26 bits per heavy atom. The number of halogens is 1. The summed E-state index contributed by atoms with van der Waals surface area (Å²) in [6, 6.07) is 12.2. The quantitative estimate of drug-likeness (QED) is 0.166. The first-order valence-electron chi connectivity index (χ1n) is 14.1. The van der Waals surface area contributed by atoms with Crippen LogP contribution in [-0.4, -0.2) is 68.4 Å². The van der Waals surface area contributed by atoms with Crippen LogP contribution in [0.4, 0.5) is 9.18 Å². The number of fused-ring (bicyclic) bond motifs is 1. The molecule has 0 aliphatic carbocycles. The van der Waals surface area contributed by atoms with Crippen LogP contribution in [0.15, 0.2) is 54.1 Å². The van der Waals surface area contributed by atoms with Gasteiger partial charge in [-0.25, -0.2) is 14.0 Å². The molecule has 0 bridgehead atoms. The summed E-state index contributed by atoms with van der Waals surface area (Å²) >= 11 is 1.01. The van der Waals surface area contributed by atoms with E-state index in [1.807, 2.05) is 0 Å². The van der Waals surface area contributed by atoms with Crippen molar-refractivity contribution < 1.29 is 51.9 Å². The number of carbonyl (C=O) groups is 3. The highest BCUT2D eigenvalue weighted by atomic mass is 32.1. The van der Waals surface area contributed by atoms with Gasteiger partial charge in [0.05, 0.1) is 52.3 Å². The van der Waals surface area contributed by atoms with Crippen molar-refractivity contribution in [3.63, 3.8) is 0 Å². The highest BCUT2D eigenvalue weighted by molar-refractivity contribution is 7.00. The average molecular weight is 668 g/mol. The van der Waals surface area contributed by atoms with E-state index in [4.69, 9.17) is 33.2 Å². The van der Waals surface area contributed by atoms with E-state index in [0.717, 1.165) is 17.8 Å². The number of nitrogens with one attached hydrogen (secondary N) is 1. The second-order valence-corrected chi connectivity index (χ2v) is 10.6. The van der Waals surface area contributed by atoms with Crippen molar-refractivity contribution in [1.29, 1.82) is 0 Å². The summed E-state index contributed by atoms with van der Waals surface area (Å²) in [5.74, 6) is -3.56. The van der Waals surface area contributed by atoms with Crippen molar-refractivity contribution in [3.05, 3.63) is 76.6 Å². The van der Waals surface area contributed by atoms with E-state index >= 15 is 4.39 Å². The number of nitrogens with zero attached hydrogens (tertiary/aromatic N) is 2. The van der Waals surface area contributed by atoms with Crippen molar-refractivity contribution in [1.82, 2.24) is 14.1 Å². The maximum atomic E-state index is 15.3. The lowest BCUT2D eigenvalue weighted by Gasteiger charge is -2.31. The molecule has 3 aromatic carbocycles. The minimum Gasteiger partial charge on any atom is -0.494 e. The van der Waals surface area contributed by atoms with Gasteiger partial charge in [-0.1, -0.05) is 6.07 Å². The molecule has 0 saturated carbocycles. The standard InChI is InChI=1S/C32H30FN3O10S/c1-17(37)44-11-10-34-31(39)46-32(20-7-9-25(40-2)22(33)16-20)21(12-18-13-26(41-3)29(43-5)27(14-18)42-4)28(30(38)45-32)19-6-8-23-24(15-19)36-47-35-23/h6-9,13-16H,10-12H2,1-5H3,(H,34,39). The fourth-order valence-corrected chi connectivity index (χ4v) is 5.68. The summed E-state index contributed by atoms with van der Waals surface area (Å²) in [6.45, 7) is 0.964. The van der Waals surface area contributed by atoms with Crippen LogP contribution in [0.5, 0.6) is 23.0 Å². The second kappa shape index (κ2) is 13.9. The SMILES string of the molecule is COc1ccc(C2(OC(=O)NCCOC(C)=O)OC(=O)C(c3ccc4nsnc4c3)=C2Cc2cc(OC)c(OC)c(OC)c2)cc1F. The summed E-state index contributed by atoms with van der Waals surface area (Å²) in [5.41, 5.74) is 2.26. The monoisotopic (exact) mass is 667 g/mol. The first-order valence-corrected chi connectivity index (χ1v) is 14.8. The number of amides is 1. The summed E-state index contributed by atoms with van der Waals surface area (Å²) < 4.78 is 62.3. The summed E-state index contributed by atoms with van der Waals surface area (Å²) in [5, 5.41) is 2.48. The molecule has 1 aliphatic heterocycles. The third kappa shape index (κ3) is 6.60. The Kier molecular flexibility index (Phi) is 9.75. The molecule has 0 radical (unpaired) electrons. The van der Waals surface area contributed by atoms with Gasteiger partial charge in [0.15, 0.2) is 23.1 Å². The van der Waals surface area contributed by atoms with Gasteiger partial charge < -0.3 is 38.5 Å². The molecule has 5 rings (SSSR count). The van der Waals surface area contributed by atoms with Gasteiger partial charge in [-0.2, -0.15) is 8.75 Å². The van der Waals surface area contributed by atoms with E-state index in [9.17, 15) is 14.4 Å². The van der Waals surface area contributed by atoms with Crippen LogP contribution in [0, 0.1) is 5.82 Å². The average Bonchev–Trinajstić information content (AvgIpc) is 3.64. The number of hydrogen-bond donors (Lipinski definition) is 1. The number of rotatable bonds is 12. The van der Waals surface area contributed by atoms with E-state index in [1.165, 1.54) is 47.5 Å². The molecule has 0 spiro atoms. The molecule has 1 amide bonds. The van der Waals surface area contributed by atoms with Crippen molar-refractivity contribution in [2.24, 2.45) is 0 Å². The van der Waals surface area contributed by atoms with Crippen LogP contribution >= 0.6 is 11.7 Å². The first kappa shape index (κ1) is 32.9. The molecule has 2 heterocycles. The molecule has 1 unspecified atom stereocenters. The molecule has 13 nitrogen and oxygen atoms in total. The number of esters is 2. The van der Waals surface area contributed by atoms with E-state index in [0.29, 0.717) is 39.4 Å². The number of methoxy groups -OCH3 is 4. The van der Waals surface area contributed by atoms with Crippen LogP contribution in [0.25, 0.3) is 16.6 Å². The molecular weight excluding hydrogens is 637 g/mol. The van der Waals surface area contributed by atoms with Crippen molar-refractivity contribution in [2.75, 3.05) is 41.6 Å². The number of ether oxygens (including phenoxy) is 7. The maximum absolute atomic E-state index is 15.3. The zero-order valence-corrected chi connectivity index (χ0v) is 26.8. The predicted octanol–water partition coefficient (Wildman–Crippen LogP) is 4.56. The van der Waals surface area contributed by atoms with Gasteiger partial charge in [0.2, 0.25) is 5.75 Å². The van der Waals surface area contributed by atoms with Crippen LogP contribution in [0.2, 0.25) is 0 Å². The lowest BCUT2D eigenvalue weighted by Crippen LogP contribution is -2.40. The van der Waals surface area contributed by atoms with E-state index in [2.05, 4.69) is 14.1 Å². The Balaban J connectivity index is 1.72. The molecule has 15 heteroatoms. The molecule has 0 saturated heterocycles. The Labute approximate surface area is 272 Å². The maximum Gasteiger partial charge on any atom is 0.411 e. The largest absolute Gasteiger partial charge is 0.494 e. The minimum absolute atomic E-state index is 0.0202. The first-order chi connectivity index (χ1) is 22.6.